The van der Waals surface area contributed by atoms with Crippen LogP contribution in [0.3, 0.4) is 0 Å². The van der Waals surface area contributed by atoms with E-state index in [1.807, 2.05) is 11.7 Å². The Kier molecular flexibility index (Phi) is 4.06. The first-order chi connectivity index (χ1) is 10.2. The second kappa shape index (κ2) is 5.98. The Balaban J connectivity index is 1.83. The number of hydrogen-bond acceptors (Lipinski definition) is 3. The molecule has 0 radical (unpaired) electrons. The largest absolute Gasteiger partial charge is 0.313 e. The third-order valence-corrected chi connectivity index (χ3v) is 4.40. The first-order valence-corrected chi connectivity index (χ1v) is 7.86. The Morgan fingerprint density at radius 3 is 2.81 bits per heavy atom. The highest BCUT2D eigenvalue weighted by Gasteiger charge is 2.18. The van der Waals surface area contributed by atoms with E-state index in [4.69, 9.17) is 0 Å². The van der Waals surface area contributed by atoms with E-state index in [0.29, 0.717) is 6.04 Å². The molecule has 0 saturated heterocycles. The Morgan fingerprint density at radius 1 is 1.24 bits per heavy atom. The molecule has 0 spiro atoms. The summed E-state index contributed by atoms with van der Waals surface area (Å²) in [5.74, 6) is 1.05. The fraction of sp³-hybridized carbons (Fsp3) is 0.529. The van der Waals surface area contributed by atoms with E-state index < -0.39 is 0 Å². The summed E-state index contributed by atoms with van der Waals surface area (Å²) in [5, 5.41) is 7.77. The lowest BCUT2D eigenvalue weighted by Crippen LogP contribution is -2.22. The fourth-order valence-electron chi connectivity index (χ4n) is 3.23. The fourth-order valence-corrected chi connectivity index (χ4v) is 3.23. The van der Waals surface area contributed by atoms with Crippen LogP contribution in [0.25, 0.3) is 0 Å². The minimum absolute atomic E-state index is 0.289. The normalized spacial score (nSPS) is 15.4. The average molecular weight is 284 g/mol. The van der Waals surface area contributed by atoms with Crippen LogP contribution >= 0.6 is 0 Å². The third-order valence-electron chi connectivity index (χ3n) is 4.40. The monoisotopic (exact) mass is 284 g/mol. The van der Waals surface area contributed by atoms with Gasteiger partial charge in [0.25, 0.3) is 0 Å². The summed E-state index contributed by atoms with van der Waals surface area (Å²) >= 11 is 0. The number of rotatable bonds is 5. The second-order valence-electron chi connectivity index (χ2n) is 6.14. The van der Waals surface area contributed by atoms with Gasteiger partial charge >= 0.3 is 0 Å². The van der Waals surface area contributed by atoms with Crippen LogP contribution in [0.2, 0.25) is 0 Å². The molecule has 1 aromatic heterocycles. The van der Waals surface area contributed by atoms with Crippen LogP contribution < -0.4 is 5.32 Å². The molecule has 21 heavy (non-hydrogen) atoms. The van der Waals surface area contributed by atoms with Crippen LogP contribution in [0, 0.1) is 0 Å². The first-order valence-electron chi connectivity index (χ1n) is 7.86. The van der Waals surface area contributed by atoms with Crippen molar-refractivity contribution in [2.45, 2.75) is 51.6 Å². The molecule has 4 nitrogen and oxygen atoms in total. The first kappa shape index (κ1) is 14.3. The average Bonchev–Trinajstić information content (AvgIpc) is 3.12. The van der Waals surface area contributed by atoms with Crippen LogP contribution in [-0.2, 0) is 19.3 Å². The molecule has 112 valence electrons. The van der Waals surface area contributed by atoms with Gasteiger partial charge in [-0.25, -0.2) is 9.67 Å². The van der Waals surface area contributed by atoms with Crippen molar-refractivity contribution < 1.29 is 0 Å². The Morgan fingerprint density at radius 2 is 2.05 bits per heavy atom. The number of benzene rings is 1. The summed E-state index contributed by atoms with van der Waals surface area (Å²) in [5.41, 5.74) is 4.41. The standard InChI is InChI=1S/C17H24N4/c1-12(2)21-17(19-11-20-21)10-16(18-3)15-8-7-13-5-4-6-14(13)9-15/h7-9,11-12,16,18H,4-6,10H2,1-3H3. The molecular formula is C17H24N4. The number of fused-ring (bicyclic) bond motifs is 1. The van der Waals surface area contributed by atoms with Crippen LogP contribution in [0.5, 0.6) is 0 Å². The van der Waals surface area contributed by atoms with Gasteiger partial charge in [0.1, 0.15) is 12.2 Å². The minimum Gasteiger partial charge on any atom is -0.313 e. The number of aryl methyl sites for hydroxylation is 2. The maximum absolute atomic E-state index is 4.44. The predicted octanol–water partition coefficient (Wildman–Crippen LogP) is 2.85. The van der Waals surface area contributed by atoms with Crippen LogP contribution in [0.1, 0.15) is 54.9 Å². The van der Waals surface area contributed by atoms with Gasteiger partial charge in [0.15, 0.2) is 0 Å². The number of aromatic nitrogens is 3. The lowest BCUT2D eigenvalue weighted by atomic mass is 9.99. The van der Waals surface area contributed by atoms with Crippen LogP contribution in [-0.4, -0.2) is 21.8 Å². The molecule has 1 heterocycles. The summed E-state index contributed by atoms with van der Waals surface area (Å²) < 4.78 is 2.01. The van der Waals surface area contributed by atoms with Crippen LogP contribution in [0.4, 0.5) is 0 Å². The summed E-state index contributed by atoms with van der Waals surface area (Å²) in [7, 11) is 2.02. The molecule has 0 saturated carbocycles. The third kappa shape index (κ3) is 2.86. The zero-order valence-corrected chi connectivity index (χ0v) is 13.1. The van der Waals surface area contributed by atoms with Crippen molar-refractivity contribution in [3.05, 3.63) is 47.0 Å². The Hall–Kier alpha value is -1.68. The molecule has 1 aliphatic carbocycles. The maximum atomic E-state index is 4.44. The zero-order valence-electron chi connectivity index (χ0n) is 13.1. The van der Waals surface area contributed by atoms with Crippen molar-refractivity contribution in [2.24, 2.45) is 0 Å². The van der Waals surface area contributed by atoms with E-state index in [0.717, 1.165) is 12.2 Å². The summed E-state index contributed by atoms with van der Waals surface area (Å²) in [4.78, 5) is 4.44. The van der Waals surface area contributed by atoms with Gasteiger partial charge in [0, 0.05) is 18.5 Å². The number of hydrogen-bond donors (Lipinski definition) is 1. The van der Waals surface area contributed by atoms with Crippen LogP contribution in [0.15, 0.2) is 24.5 Å². The molecule has 0 bridgehead atoms. The highest BCUT2D eigenvalue weighted by molar-refractivity contribution is 5.36. The number of nitrogens with one attached hydrogen (secondary N) is 1. The molecule has 0 aliphatic heterocycles. The zero-order chi connectivity index (χ0) is 14.8. The Bertz CT molecular complexity index is 615. The topological polar surface area (TPSA) is 42.7 Å². The molecular weight excluding hydrogens is 260 g/mol. The summed E-state index contributed by atoms with van der Waals surface area (Å²) in [6.07, 6.45) is 6.28. The Labute approximate surface area is 126 Å². The van der Waals surface area contributed by atoms with Crippen molar-refractivity contribution in [1.29, 1.82) is 0 Å². The van der Waals surface area contributed by atoms with Gasteiger partial charge in [0.2, 0.25) is 0 Å². The van der Waals surface area contributed by atoms with E-state index in [1.165, 1.54) is 36.0 Å². The van der Waals surface area contributed by atoms with Gasteiger partial charge in [-0.05, 0) is 56.8 Å². The summed E-state index contributed by atoms with van der Waals surface area (Å²) in [6, 6.07) is 7.58. The lowest BCUT2D eigenvalue weighted by molar-refractivity contribution is 0.478. The smallest absolute Gasteiger partial charge is 0.138 e. The van der Waals surface area contributed by atoms with E-state index >= 15 is 0 Å². The molecule has 1 unspecified atom stereocenters. The lowest BCUT2D eigenvalue weighted by Gasteiger charge is -2.18. The predicted molar refractivity (Wildman–Crippen MR) is 84.4 cm³/mol. The number of nitrogens with zero attached hydrogens (tertiary/aromatic N) is 3. The quantitative estimate of drug-likeness (QED) is 0.918. The van der Waals surface area contributed by atoms with Gasteiger partial charge in [-0.2, -0.15) is 5.10 Å². The van der Waals surface area contributed by atoms with Crippen molar-refractivity contribution in [3.8, 4) is 0 Å². The highest BCUT2D eigenvalue weighted by atomic mass is 15.3. The minimum atomic E-state index is 0.289. The van der Waals surface area contributed by atoms with Crippen molar-refractivity contribution in [1.82, 2.24) is 20.1 Å². The molecule has 3 rings (SSSR count). The summed E-state index contributed by atoms with van der Waals surface area (Å²) in [6.45, 7) is 4.28. The van der Waals surface area contributed by atoms with Gasteiger partial charge in [-0.15, -0.1) is 0 Å². The SMILES string of the molecule is CNC(Cc1ncnn1C(C)C)c1ccc2c(c1)CCC2. The molecule has 4 heteroatoms. The van der Waals surface area contributed by atoms with Gasteiger partial charge < -0.3 is 5.32 Å². The van der Waals surface area contributed by atoms with E-state index in [1.54, 1.807) is 6.33 Å². The maximum Gasteiger partial charge on any atom is 0.138 e. The molecule has 1 aromatic carbocycles. The molecule has 0 amide bonds. The molecule has 1 atom stereocenters. The van der Waals surface area contributed by atoms with Crippen molar-refractivity contribution in [3.63, 3.8) is 0 Å². The molecule has 2 aromatic rings. The van der Waals surface area contributed by atoms with Gasteiger partial charge in [0.05, 0.1) is 0 Å². The molecule has 0 fully saturated rings. The molecule has 1 N–H and O–H groups in total. The van der Waals surface area contributed by atoms with Crippen molar-refractivity contribution in [2.75, 3.05) is 7.05 Å². The van der Waals surface area contributed by atoms with E-state index in [9.17, 15) is 0 Å². The van der Waals surface area contributed by atoms with Gasteiger partial charge in [-0.3, -0.25) is 0 Å². The highest BCUT2D eigenvalue weighted by Crippen LogP contribution is 2.26. The van der Waals surface area contributed by atoms with Gasteiger partial charge in [-0.1, -0.05) is 18.2 Å². The van der Waals surface area contributed by atoms with Crippen molar-refractivity contribution >= 4 is 0 Å². The second-order valence-corrected chi connectivity index (χ2v) is 6.14. The molecule has 1 aliphatic rings. The van der Waals surface area contributed by atoms with E-state index in [2.05, 4.69) is 47.4 Å². The number of likely N-dealkylation sites (N-methyl/N-ethyl adjacent to an activating group) is 1. The van der Waals surface area contributed by atoms with E-state index in [-0.39, 0.29) is 6.04 Å².